The van der Waals surface area contributed by atoms with E-state index in [1.54, 1.807) is 0 Å². The van der Waals surface area contributed by atoms with E-state index in [4.69, 9.17) is 4.74 Å². The molecule has 0 amide bonds. The van der Waals surface area contributed by atoms with E-state index in [2.05, 4.69) is 74.4 Å². The van der Waals surface area contributed by atoms with E-state index < -0.39 is 0 Å². The maximum Gasteiger partial charge on any atom is 0.306 e. The lowest BCUT2D eigenvalue weighted by atomic mass is 9.84. The molecule has 0 saturated heterocycles. The molecule has 0 fully saturated rings. The van der Waals surface area contributed by atoms with Gasteiger partial charge in [0, 0.05) is 6.42 Å². The molecule has 0 aromatic rings. The van der Waals surface area contributed by atoms with Crippen LogP contribution in [0.2, 0.25) is 0 Å². The first-order valence-electron chi connectivity index (χ1n) is 36.7. The molecule has 0 heterocycles. The van der Waals surface area contributed by atoms with Gasteiger partial charge in [-0.15, -0.1) is 0 Å². The van der Waals surface area contributed by atoms with Gasteiger partial charge in [0.15, 0.2) is 0 Å². The number of hydrogen-bond acceptors (Lipinski definition) is 4. The van der Waals surface area contributed by atoms with Crippen LogP contribution in [-0.2, 0) is 9.53 Å². The van der Waals surface area contributed by atoms with Gasteiger partial charge < -0.3 is 14.7 Å². The van der Waals surface area contributed by atoms with Crippen LogP contribution in [0.1, 0.15) is 415 Å². The van der Waals surface area contributed by atoms with E-state index in [-0.39, 0.29) is 18.2 Å². The first-order valence-corrected chi connectivity index (χ1v) is 36.7. The first-order chi connectivity index (χ1) is 38.1. The fraction of sp³-hybridized carbons (Fsp3) is 0.986. The predicted molar refractivity (Wildman–Crippen MR) is 352 cm³/mol. The molecule has 0 aromatic carbocycles. The van der Waals surface area contributed by atoms with Gasteiger partial charge in [-0.1, -0.05) is 370 Å². The SMILES string of the molecule is CCCCCCCCC(CCCCCC)CC(CC(CCCCCC)CCCCCCCC)OC(=O)CCCCCN(C)C.CCCCCCCCC(CCCCCC)CC(O)CC(CCCCCC)CCCCCCCC. The average molecular weight is 1100 g/mol. The molecule has 4 heteroatoms. The van der Waals surface area contributed by atoms with Gasteiger partial charge in [-0.3, -0.25) is 4.79 Å². The van der Waals surface area contributed by atoms with Gasteiger partial charge in [0.25, 0.3) is 0 Å². The van der Waals surface area contributed by atoms with Gasteiger partial charge in [-0.25, -0.2) is 0 Å². The van der Waals surface area contributed by atoms with Crippen LogP contribution in [0.5, 0.6) is 0 Å². The van der Waals surface area contributed by atoms with Gasteiger partial charge in [0.1, 0.15) is 6.10 Å². The topological polar surface area (TPSA) is 49.8 Å². The fourth-order valence-electron chi connectivity index (χ4n) is 12.7. The Bertz CT molecular complexity index is 1040. The van der Waals surface area contributed by atoms with Crippen molar-refractivity contribution in [3.8, 4) is 0 Å². The zero-order valence-electron chi connectivity index (χ0n) is 56.0. The van der Waals surface area contributed by atoms with Crippen molar-refractivity contribution in [1.29, 1.82) is 0 Å². The molecule has 4 unspecified atom stereocenters. The van der Waals surface area contributed by atoms with E-state index in [1.165, 1.54) is 315 Å². The standard InChI is InChI=1S/C41H83NO2.C33H68O/c1-7-11-15-19-21-26-32-38(30-24-17-13-9-3)36-40(44-41(43)34-28-23-29-35-42(5)6)37-39(31-25-18-14-10-4)33-27-22-20-16-12-8-2;1-5-9-13-17-19-23-27-31(25-21-15-11-7-3)29-33(34)30-32(26-22-16-12-8-4)28-24-20-18-14-10-6-2/h38-40H,7-37H2,1-6H3;31-34H,5-30H2,1-4H3. The Balaban J connectivity index is 0. The highest BCUT2D eigenvalue weighted by molar-refractivity contribution is 5.69. The number of carbonyl (C=O) groups excluding carboxylic acids is 1. The molecule has 4 atom stereocenters. The predicted octanol–water partition coefficient (Wildman–Crippen LogP) is 25.3. The molecule has 0 aliphatic heterocycles. The summed E-state index contributed by atoms with van der Waals surface area (Å²) >= 11 is 0. The first kappa shape index (κ1) is 79.5. The lowest BCUT2D eigenvalue weighted by Crippen LogP contribution is -2.25. The Labute approximate surface area is 494 Å². The molecule has 1 N–H and O–H groups in total. The highest BCUT2D eigenvalue weighted by Crippen LogP contribution is 2.32. The van der Waals surface area contributed by atoms with Crippen molar-refractivity contribution in [2.75, 3.05) is 20.6 Å². The second-order valence-corrected chi connectivity index (χ2v) is 26.4. The van der Waals surface area contributed by atoms with Crippen molar-refractivity contribution in [3.05, 3.63) is 0 Å². The van der Waals surface area contributed by atoms with E-state index in [0.29, 0.717) is 18.3 Å². The molecule has 470 valence electrons. The molecule has 0 radical (unpaired) electrons. The van der Waals surface area contributed by atoms with Crippen LogP contribution < -0.4 is 0 Å². The summed E-state index contributed by atoms with van der Waals surface area (Å²) in [7, 11) is 4.26. The number of unbranched alkanes of at least 4 members (excludes halogenated alkanes) is 34. The van der Waals surface area contributed by atoms with Crippen LogP contribution in [0.3, 0.4) is 0 Å². The Morgan fingerprint density at radius 1 is 0.308 bits per heavy atom. The third kappa shape index (κ3) is 60.0. The number of aliphatic hydroxyl groups excluding tert-OH is 1. The summed E-state index contributed by atoms with van der Waals surface area (Å²) in [6, 6.07) is 0. The Kier molecular flexibility index (Phi) is 66.8. The highest BCUT2D eigenvalue weighted by Gasteiger charge is 2.25. The molecule has 0 aliphatic rings. The lowest BCUT2D eigenvalue weighted by Gasteiger charge is -2.28. The number of aliphatic hydroxyl groups is 1. The summed E-state index contributed by atoms with van der Waals surface area (Å²) in [5, 5.41) is 11.1. The molecule has 0 saturated carbocycles. The molecular weight excluding hydrogens is 951 g/mol. The fourth-order valence-corrected chi connectivity index (χ4v) is 12.7. The normalized spacial score (nSPS) is 14.1. The number of hydrogen-bond donors (Lipinski definition) is 1. The summed E-state index contributed by atoms with van der Waals surface area (Å²) < 4.78 is 6.46. The summed E-state index contributed by atoms with van der Waals surface area (Å²) in [5.74, 6) is 3.02. The van der Waals surface area contributed by atoms with Gasteiger partial charge in [0.05, 0.1) is 6.10 Å². The van der Waals surface area contributed by atoms with Crippen molar-refractivity contribution in [2.45, 2.75) is 427 Å². The second kappa shape index (κ2) is 65.5. The number of ether oxygens (including phenoxy) is 1. The van der Waals surface area contributed by atoms with Gasteiger partial charge in [-0.05, 0) is 82.8 Å². The van der Waals surface area contributed by atoms with Crippen molar-refractivity contribution in [2.24, 2.45) is 23.7 Å². The highest BCUT2D eigenvalue weighted by atomic mass is 16.5. The average Bonchev–Trinajstić information content (AvgIpc) is 3.42. The van der Waals surface area contributed by atoms with Gasteiger partial charge in [0.2, 0.25) is 0 Å². The van der Waals surface area contributed by atoms with Crippen LogP contribution in [0.25, 0.3) is 0 Å². The van der Waals surface area contributed by atoms with Crippen LogP contribution in [0.15, 0.2) is 0 Å². The maximum absolute atomic E-state index is 13.2. The maximum atomic E-state index is 13.2. The molecule has 0 aliphatic carbocycles. The molecule has 78 heavy (non-hydrogen) atoms. The summed E-state index contributed by atoms with van der Waals surface area (Å²) in [6.07, 6.45) is 73.8. The minimum atomic E-state index is -0.0625. The third-order valence-corrected chi connectivity index (χ3v) is 17.9. The summed E-state index contributed by atoms with van der Waals surface area (Å²) in [4.78, 5) is 15.4. The van der Waals surface area contributed by atoms with Crippen LogP contribution in [-0.4, -0.2) is 48.8 Å². The quantitative estimate of drug-likeness (QED) is 0.0487. The Morgan fingerprint density at radius 2 is 0.526 bits per heavy atom. The molecule has 4 nitrogen and oxygen atoms in total. The van der Waals surface area contributed by atoms with Crippen molar-refractivity contribution < 1.29 is 14.6 Å². The van der Waals surface area contributed by atoms with E-state index in [1.807, 2.05) is 0 Å². The van der Waals surface area contributed by atoms with Crippen molar-refractivity contribution >= 4 is 5.97 Å². The monoisotopic (exact) mass is 1100 g/mol. The summed E-state index contributed by atoms with van der Waals surface area (Å²) in [6.45, 7) is 19.6. The number of nitrogens with zero attached hydrogens (tertiary/aromatic N) is 1. The number of esters is 1. The van der Waals surface area contributed by atoms with E-state index >= 15 is 0 Å². The molecule has 0 rings (SSSR count). The molecule has 0 bridgehead atoms. The van der Waals surface area contributed by atoms with Gasteiger partial charge >= 0.3 is 5.97 Å². The largest absolute Gasteiger partial charge is 0.462 e. The third-order valence-electron chi connectivity index (χ3n) is 17.9. The minimum absolute atomic E-state index is 0.0625. The van der Waals surface area contributed by atoms with E-state index in [9.17, 15) is 9.90 Å². The van der Waals surface area contributed by atoms with Crippen LogP contribution in [0, 0.1) is 23.7 Å². The Hall–Kier alpha value is -0.610. The summed E-state index contributed by atoms with van der Waals surface area (Å²) in [5.41, 5.74) is 0. The zero-order chi connectivity index (χ0) is 57.6. The zero-order valence-corrected chi connectivity index (χ0v) is 56.0. The molecule has 0 spiro atoms. The van der Waals surface area contributed by atoms with E-state index in [0.717, 1.165) is 56.9 Å². The van der Waals surface area contributed by atoms with Crippen LogP contribution in [0.4, 0.5) is 0 Å². The Morgan fingerprint density at radius 3 is 0.782 bits per heavy atom. The number of rotatable bonds is 63. The second-order valence-electron chi connectivity index (χ2n) is 26.4. The molecule has 0 aromatic heterocycles. The van der Waals surface area contributed by atoms with Crippen molar-refractivity contribution in [1.82, 2.24) is 4.90 Å². The van der Waals surface area contributed by atoms with Crippen molar-refractivity contribution in [3.63, 3.8) is 0 Å². The number of carbonyl (C=O) groups is 1. The van der Waals surface area contributed by atoms with Gasteiger partial charge in [-0.2, -0.15) is 0 Å². The minimum Gasteiger partial charge on any atom is -0.462 e. The lowest BCUT2D eigenvalue weighted by molar-refractivity contribution is -0.151. The van der Waals surface area contributed by atoms with Crippen LogP contribution >= 0.6 is 0 Å². The smallest absolute Gasteiger partial charge is 0.306 e. The molecular formula is C74H151NO3.